The highest BCUT2D eigenvalue weighted by Crippen LogP contribution is 2.20. The Balaban J connectivity index is 1.66. The van der Waals surface area contributed by atoms with Gasteiger partial charge in [0, 0.05) is 19.8 Å². The summed E-state index contributed by atoms with van der Waals surface area (Å²) in [6, 6.07) is 7.56. The molecule has 0 spiro atoms. The van der Waals surface area contributed by atoms with Crippen molar-refractivity contribution in [1.82, 2.24) is 5.32 Å². The lowest BCUT2D eigenvalue weighted by atomic mass is 9.92. The van der Waals surface area contributed by atoms with Crippen molar-refractivity contribution in [2.45, 2.75) is 38.7 Å². The molecule has 0 aromatic heterocycles. The lowest BCUT2D eigenvalue weighted by molar-refractivity contribution is -0.120. The van der Waals surface area contributed by atoms with Crippen LogP contribution < -0.4 is 10.1 Å². The van der Waals surface area contributed by atoms with Gasteiger partial charge in [-0.1, -0.05) is 12.1 Å². The molecule has 1 heterocycles. The van der Waals surface area contributed by atoms with Crippen LogP contribution in [0.25, 0.3) is 0 Å². The number of nitrogens with one attached hydrogen (secondary N) is 1. The van der Waals surface area contributed by atoms with Crippen LogP contribution >= 0.6 is 0 Å². The fourth-order valence-electron chi connectivity index (χ4n) is 2.81. The molecule has 1 aromatic carbocycles. The van der Waals surface area contributed by atoms with E-state index < -0.39 is 0 Å². The quantitative estimate of drug-likeness (QED) is 0.768. The van der Waals surface area contributed by atoms with Crippen LogP contribution in [0.3, 0.4) is 0 Å². The average Bonchev–Trinajstić information content (AvgIpc) is 2.57. The number of ether oxygens (including phenoxy) is 2. The maximum Gasteiger partial charge on any atom is 0.224 e. The molecular weight excluding hydrogens is 294 g/mol. The van der Waals surface area contributed by atoms with Crippen molar-refractivity contribution >= 4 is 5.91 Å². The van der Waals surface area contributed by atoms with E-state index in [1.165, 1.54) is 0 Å². The Kier molecular flexibility index (Phi) is 7.36. The predicted octanol–water partition coefficient (Wildman–Crippen LogP) is 1.92. The Labute approximate surface area is 138 Å². The maximum atomic E-state index is 11.9. The molecule has 0 aliphatic carbocycles. The number of amides is 1. The summed E-state index contributed by atoms with van der Waals surface area (Å²) in [4.78, 5) is 11.9. The average molecular weight is 321 g/mol. The maximum absolute atomic E-state index is 11.9. The van der Waals surface area contributed by atoms with Crippen molar-refractivity contribution in [2.75, 3.05) is 26.4 Å². The molecular formula is C18H27NO4. The molecule has 1 aromatic rings. The van der Waals surface area contributed by atoms with Crippen molar-refractivity contribution in [3.63, 3.8) is 0 Å². The first kappa shape index (κ1) is 17.8. The normalized spacial score (nSPS) is 16.8. The van der Waals surface area contributed by atoms with E-state index >= 15 is 0 Å². The minimum Gasteiger partial charge on any atom is -0.494 e. The predicted molar refractivity (Wildman–Crippen MR) is 88.5 cm³/mol. The Morgan fingerprint density at radius 1 is 1.35 bits per heavy atom. The molecule has 5 heteroatoms. The van der Waals surface area contributed by atoms with E-state index in [1.807, 2.05) is 31.2 Å². The van der Waals surface area contributed by atoms with E-state index in [1.54, 1.807) is 0 Å². The third-order valence-corrected chi connectivity index (χ3v) is 4.17. The lowest BCUT2D eigenvalue weighted by Gasteiger charge is -2.26. The van der Waals surface area contributed by atoms with Gasteiger partial charge in [0.2, 0.25) is 5.91 Å². The summed E-state index contributed by atoms with van der Waals surface area (Å²) in [5.74, 6) is 1.09. The summed E-state index contributed by atoms with van der Waals surface area (Å²) < 4.78 is 10.7. The van der Waals surface area contributed by atoms with E-state index in [4.69, 9.17) is 9.47 Å². The summed E-state index contributed by atoms with van der Waals surface area (Å²) in [5.41, 5.74) is 0.955. The zero-order valence-corrected chi connectivity index (χ0v) is 13.8. The van der Waals surface area contributed by atoms with Gasteiger partial charge in [-0.05, 0) is 49.8 Å². The lowest BCUT2D eigenvalue weighted by Crippen LogP contribution is -2.33. The summed E-state index contributed by atoms with van der Waals surface area (Å²) in [7, 11) is 0. The minimum atomic E-state index is -0.357. The number of aliphatic hydroxyl groups excluding tert-OH is 1. The molecule has 2 N–H and O–H groups in total. The number of hydrogen-bond acceptors (Lipinski definition) is 4. The third kappa shape index (κ3) is 6.20. The van der Waals surface area contributed by atoms with E-state index in [9.17, 15) is 9.90 Å². The van der Waals surface area contributed by atoms with Gasteiger partial charge < -0.3 is 19.9 Å². The minimum absolute atomic E-state index is 0.0201. The molecule has 0 unspecified atom stereocenters. The van der Waals surface area contributed by atoms with Crippen molar-refractivity contribution in [1.29, 1.82) is 0 Å². The standard InChI is InChI=1S/C18H27NO4/c1-2-23-16-5-3-14(4-6-16)13-18(21)19-10-7-17(20)15-8-11-22-12-9-15/h3-6,15,17,20H,2,7-13H2,1H3,(H,19,21)/t17-/m0/s1. The topological polar surface area (TPSA) is 67.8 Å². The van der Waals surface area contributed by atoms with Gasteiger partial charge in [-0.15, -0.1) is 0 Å². The zero-order chi connectivity index (χ0) is 16.5. The first-order chi connectivity index (χ1) is 11.2. The van der Waals surface area contributed by atoms with Gasteiger partial charge in [0.25, 0.3) is 0 Å². The molecule has 1 saturated heterocycles. The smallest absolute Gasteiger partial charge is 0.224 e. The molecule has 5 nitrogen and oxygen atoms in total. The molecule has 128 valence electrons. The highest BCUT2D eigenvalue weighted by molar-refractivity contribution is 5.78. The molecule has 1 atom stereocenters. The fourth-order valence-corrected chi connectivity index (χ4v) is 2.81. The molecule has 1 aliphatic rings. The van der Waals surface area contributed by atoms with E-state index in [2.05, 4.69) is 5.32 Å². The van der Waals surface area contributed by atoms with Crippen molar-refractivity contribution in [3.05, 3.63) is 29.8 Å². The summed E-state index contributed by atoms with van der Waals surface area (Å²) >= 11 is 0. The second-order valence-corrected chi connectivity index (χ2v) is 5.91. The van der Waals surface area contributed by atoms with Crippen LogP contribution in [-0.2, 0) is 16.0 Å². The molecule has 0 radical (unpaired) electrons. The van der Waals surface area contributed by atoms with Gasteiger partial charge in [-0.3, -0.25) is 4.79 Å². The number of hydrogen-bond donors (Lipinski definition) is 2. The van der Waals surface area contributed by atoms with Crippen LogP contribution in [0.1, 0.15) is 31.7 Å². The second kappa shape index (κ2) is 9.53. The van der Waals surface area contributed by atoms with Gasteiger partial charge >= 0.3 is 0 Å². The highest BCUT2D eigenvalue weighted by Gasteiger charge is 2.21. The van der Waals surface area contributed by atoms with Crippen LogP contribution in [0.2, 0.25) is 0 Å². The van der Waals surface area contributed by atoms with Gasteiger partial charge in [-0.2, -0.15) is 0 Å². The van der Waals surface area contributed by atoms with E-state index in [-0.39, 0.29) is 12.0 Å². The van der Waals surface area contributed by atoms with Crippen LogP contribution in [-0.4, -0.2) is 43.5 Å². The molecule has 1 aliphatic heterocycles. The summed E-state index contributed by atoms with van der Waals surface area (Å²) in [5, 5.41) is 13.0. The zero-order valence-electron chi connectivity index (χ0n) is 13.8. The van der Waals surface area contributed by atoms with E-state index in [0.29, 0.717) is 31.9 Å². The molecule has 0 saturated carbocycles. The Morgan fingerprint density at radius 3 is 2.70 bits per heavy atom. The molecule has 23 heavy (non-hydrogen) atoms. The van der Waals surface area contributed by atoms with Crippen LogP contribution in [0.5, 0.6) is 5.75 Å². The number of rotatable bonds is 8. The monoisotopic (exact) mass is 321 g/mol. The largest absolute Gasteiger partial charge is 0.494 e. The van der Waals surface area contributed by atoms with Crippen LogP contribution in [0.15, 0.2) is 24.3 Å². The Hall–Kier alpha value is -1.59. The van der Waals surface area contributed by atoms with Crippen LogP contribution in [0, 0.1) is 5.92 Å². The van der Waals surface area contributed by atoms with Gasteiger partial charge in [0.15, 0.2) is 0 Å². The number of carbonyl (C=O) groups excluding carboxylic acids is 1. The molecule has 2 rings (SSSR count). The number of benzene rings is 1. The van der Waals surface area contributed by atoms with Crippen LogP contribution in [0.4, 0.5) is 0 Å². The fraction of sp³-hybridized carbons (Fsp3) is 0.611. The second-order valence-electron chi connectivity index (χ2n) is 5.91. The van der Waals surface area contributed by atoms with Crippen molar-refractivity contribution in [3.8, 4) is 5.75 Å². The van der Waals surface area contributed by atoms with Gasteiger partial charge in [-0.25, -0.2) is 0 Å². The number of carbonyl (C=O) groups is 1. The molecule has 0 bridgehead atoms. The number of aliphatic hydroxyl groups is 1. The first-order valence-corrected chi connectivity index (χ1v) is 8.43. The third-order valence-electron chi connectivity index (χ3n) is 4.17. The van der Waals surface area contributed by atoms with Crippen molar-refractivity contribution < 1.29 is 19.4 Å². The highest BCUT2D eigenvalue weighted by atomic mass is 16.5. The molecule has 1 amide bonds. The van der Waals surface area contributed by atoms with Crippen molar-refractivity contribution in [2.24, 2.45) is 5.92 Å². The SMILES string of the molecule is CCOc1ccc(CC(=O)NCC[C@H](O)C2CCOCC2)cc1. The Bertz CT molecular complexity index is 468. The van der Waals surface area contributed by atoms with Gasteiger partial charge in [0.05, 0.1) is 19.1 Å². The van der Waals surface area contributed by atoms with E-state index in [0.717, 1.165) is 37.4 Å². The molecule has 1 fully saturated rings. The summed E-state index contributed by atoms with van der Waals surface area (Å²) in [6.07, 6.45) is 2.40. The summed E-state index contributed by atoms with van der Waals surface area (Å²) in [6.45, 7) is 4.54. The van der Waals surface area contributed by atoms with Gasteiger partial charge in [0.1, 0.15) is 5.75 Å². The Morgan fingerprint density at radius 2 is 2.04 bits per heavy atom. The first-order valence-electron chi connectivity index (χ1n) is 8.43.